The number of aromatic amines is 1. The zero-order valence-corrected chi connectivity index (χ0v) is 14.7. The Hall–Kier alpha value is -2.71. The molecule has 4 rings (SSSR count). The van der Waals surface area contributed by atoms with Crippen molar-refractivity contribution < 1.29 is 4.74 Å². The number of nitrogens with zero attached hydrogens (tertiary/aromatic N) is 3. The predicted octanol–water partition coefficient (Wildman–Crippen LogP) is 3.56. The van der Waals surface area contributed by atoms with Gasteiger partial charge >= 0.3 is 0 Å². The van der Waals surface area contributed by atoms with E-state index in [0.29, 0.717) is 6.54 Å². The lowest BCUT2D eigenvalue weighted by Crippen LogP contribution is -2.08. The Morgan fingerprint density at radius 2 is 2.08 bits per heavy atom. The van der Waals surface area contributed by atoms with Gasteiger partial charge in [-0.1, -0.05) is 17.4 Å². The van der Waals surface area contributed by atoms with Gasteiger partial charge in [-0.2, -0.15) is 15.4 Å². The van der Waals surface area contributed by atoms with Crippen LogP contribution in [0.5, 0.6) is 5.75 Å². The van der Waals surface area contributed by atoms with Crippen LogP contribution in [0.2, 0.25) is 0 Å². The molecule has 0 saturated carbocycles. The first kappa shape index (κ1) is 15.8. The average Bonchev–Trinajstić information content (AvgIpc) is 3.21. The summed E-state index contributed by atoms with van der Waals surface area (Å²) >= 11 is 1.56. The molecule has 128 valence electrons. The molecule has 0 spiro atoms. The smallest absolute Gasteiger partial charge is 0.188 e. The molecule has 7 nitrogen and oxygen atoms in total. The molecule has 0 amide bonds. The van der Waals surface area contributed by atoms with Crippen molar-refractivity contribution in [3.05, 3.63) is 35.9 Å². The van der Waals surface area contributed by atoms with Crippen LogP contribution in [0.1, 0.15) is 19.4 Å². The Labute approximate surface area is 148 Å². The van der Waals surface area contributed by atoms with Gasteiger partial charge in [0.05, 0.1) is 16.5 Å². The third-order valence-electron chi connectivity index (χ3n) is 3.73. The van der Waals surface area contributed by atoms with E-state index in [4.69, 9.17) is 10.5 Å². The second kappa shape index (κ2) is 6.30. The lowest BCUT2D eigenvalue weighted by Gasteiger charge is -2.15. The van der Waals surface area contributed by atoms with Crippen LogP contribution in [0.25, 0.3) is 21.3 Å². The van der Waals surface area contributed by atoms with Gasteiger partial charge in [0.15, 0.2) is 5.13 Å². The Balaban J connectivity index is 1.75. The first-order valence-electron chi connectivity index (χ1n) is 8.00. The number of hydrogen-bond acceptors (Lipinski definition) is 7. The first-order chi connectivity index (χ1) is 12.1. The van der Waals surface area contributed by atoms with E-state index in [2.05, 4.69) is 25.7 Å². The van der Waals surface area contributed by atoms with Gasteiger partial charge in [0.25, 0.3) is 0 Å². The number of hydrogen-bond donors (Lipinski definition) is 3. The third-order valence-corrected chi connectivity index (χ3v) is 4.67. The fourth-order valence-corrected chi connectivity index (χ4v) is 3.51. The van der Waals surface area contributed by atoms with Crippen LogP contribution < -0.4 is 15.8 Å². The van der Waals surface area contributed by atoms with Crippen molar-refractivity contribution in [2.24, 2.45) is 5.73 Å². The molecule has 0 aliphatic rings. The largest absolute Gasteiger partial charge is 0.489 e. The molecule has 0 atom stereocenters. The maximum absolute atomic E-state index is 5.90. The second-order valence-electron chi connectivity index (χ2n) is 5.95. The van der Waals surface area contributed by atoms with Crippen LogP contribution in [-0.4, -0.2) is 26.5 Å². The molecule has 0 radical (unpaired) electrons. The number of anilines is 2. The number of rotatable bonds is 5. The molecule has 0 aliphatic heterocycles. The molecular formula is C17H18N6OS. The van der Waals surface area contributed by atoms with Gasteiger partial charge in [-0.05, 0) is 43.7 Å². The molecular weight excluding hydrogens is 336 g/mol. The van der Waals surface area contributed by atoms with Crippen molar-refractivity contribution in [1.29, 1.82) is 0 Å². The van der Waals surface area contributed by atoms with E-state index in [9.17, 15) is 0 Å². The van der Waals surface area contributed by atoms with Crippen LogP contribution in [-0.2, 0) is 6.54 Å². The Bertz CT molecular complexity index is 1040. The first-order valence-corrected chi connectivity index (χ1v) is 8.82. The van der Waals surface area contributed by atoms with Crippen LogP contribution in [0.3, 0.4) is 0 Å². The monoisotopic (exact) mass is 354 g/mol. The highest BCUT2D eigenvalue weighted by Gasteiger charge is 2.13. The Kier molecular flexibility index (Phi) is 3.98. The van der Waals surface area contributed by atoms with E-state index >= 15 is 0 Å². The fraction of sp³-hybridized carbons (Fsp3) is 0.235. The molecule has 0 aliphatic carbocycles. The predicted molar refractivity (Wildman–Crippen MR) is 100 cm³/mol. The standard InChI is InChI=1S/C17H18N6OS/c1-9(2)24-13-5-3-10(8-18)7-12(13)19-17-20-16-14(25-17)6-4-11-15(16)22-23-21-11/h3-7,9H,8,18H2,1-2H3,(H,19,20)(H,21,22,23). The molecule has 4 N–H and O–H groups in total. The van der Waals surface area contributed by atoms with E-state index in [1.165, 1.54) is 0 Å². The van der Waals surface area contributed by atoms with E-state index < -0.39 is 0 Å². The zero-order valence-electron chi connectivity index (χ0n) is 13.9. The topological polar surface area (TPSA) is 102 Å². The van der Waals surface area contributed by atoms with Gasteiger partial charge in [0, 0.05) is 6.54 Å². The molecule has 4 aromatic rings. The summed E-state index contributed by atoms with van der Waals surface area (Å²) in [5, 5.41) is 15.1. The van der Waals surface area contributed by atoms with Crippen molar-refractivity contribution in [3.8, 4) is 5.75 Å². The van der Waals surface area contributed by atoms with Gasteiger partial charge in [0.2, 0.25) is 0 Å². The number of H-pyrrole nitrogens is 1. The van der Waals surface area contributed by atoms with Gasteiger partial charge in [-0.25, -0.2) is 4.98 Å². The number of fused-ring (bicyclic) bond motifs is 3. The molecule has 0 unspecified atom stereocenters. The second-order valence-corrected chi connectivity index (χ2v) is 6.98. The number of nitrogens with two attached hydrogens (primary N) is 1. The van der Waals surface area contributed by atoms with Crippen molar-refractivity contribution in [2.45, 2.75) is 26.5 Å². The summed E-state index contributed by atoms with van der Waals surface area (Å²) in [5.74, 6) is 0.776. The highest BCUT2D eigenvalue weighted by atomic mass is 32.1. The minimum atomic E-state index is 0.0781. The van der Waals surface area contributed by atoms with Crippen molar-refractivity contribution in [3.63, 3.8) is 0 Å². The molecule has 2 aromatic heterocycles. The highest BCUT2D eigenvalue weighted by Crippen LogP contribution is 2.35. The molecule has 0 saturated heterocycles. The number of nitrogens with one attached hydrogen (secondary N) is 2. The number of ether oxygens (including phenoxy) is 1. The van der Waals surface area contributed by atoms with Crippen molar-refractivity contribution in [2.75, 3.05) is 5.32 Å². The van der Waals surface area contributed by atoms with Crippen molar-refractivity contribution in [1.82, 2.24) is 20.4 Å². The summed E-state index contributed by atoms with van der Waals surface area (Å²) in [7, 11) is 0. The summed E-state index contributed by atoms with van der Waals surface area (Å²) in [5.41, 5.74) is 10.1. The molecule has 2 aromatic carbocycles. The lowest BCUT2D eigenvalue weighted by atomic mass is 10.2. The summed E-state index contributed by atoms with van der Waals surface area (Å²) < 4.78 is 6.94. The molecule has 0 fully saturated rings. The van der Waals surface area contributed by atoms with Crippen molar-refractivity contribution >= 4 is 43.4 Å². The van der Waals surface area contributed by atoms with Gasteiger partial charge < -0.3 is 15.8 Å². The van der Waals surface area contributed by atoms with E-state index in [-0.39, 0.29) is 6.10 Å². The molecule has 0 bridgehead atoms. The van der Waals surface area contributed by atoms with Gasteiger partial charge in [-0.15, -0.1) is 0 Å². The van der Waals surface area contributed by atoms with Gasteiger partial charge in [-0.3, -0.25) is 0 Å². The van der Waals surface area contributed by atoms with Crippen LogP contribution >= 0.6 is 11.3 Å². The normalized spacial score (nSPS) is 11.5. The maximum atomic E-state index is 5.90. The van der Waals surface area contributed by atoms with Gasteiger partial charge in [0.1, 0.15) is 22.3 Å². The number of benzene rings is 2. The molecule has 8 heteroatoms. The quantitative estimate of drug-likeness (QED) is 0.506. The Morgan fingerprint density at radius 1 is 1.20 bits per heavy atom. The summed E-state index contributed by atoms with van der Waals surface area (Å²) in [4.78, 5) is 4.68. The Morgan fingerprint density at radius 3 is 2.88 bits per heavy atom. The van der Waals surface area contributed by atoms with Crippen LogP contribution in [0, 0.1) is 0 Å². The average molecular weight is 354 g/mol. The van der Waals surface area contributed by atoms with E-state index in [1.54, 1.807) is 11.3 Å². The number of thiazole rings is 1. The van der Waals surface area contributed by atoms with Crippen LogP contribution in [0.15, 0.2) is 30.3 Å². The summed E-state index contributed by atoms with van der Waals surface area (Å²) in [6, 6.07) is 9.85. The van der Waals surface area contributed by atoms with Crippen LogP contribution in [0.4, 0.5) is 10.8 Å². The highest BCUT2D eigenvalue weighted by molar-refractivity contribution is 7.22. The maximum Gasteiger partial charge on any atom is 0.188 e. The molecule has 25 heavy (non-hydrogen) atoms. The SMILES string of the molecule is CC(C)Oc1ccc(CN)cc1Nc1nc2c(ccc3n[nH]nc32)s1. The summed E-state index contributed by atoms with van der Waals surface area (Å²) in [6.07, 6.45) is 0.0781. The van der Waals surface area contributed by atoms with E-state index in [0.717, 1.165) is 43.4 Å². The summed E-state index contributed by atoms with van der Waals surface area (Å²) in [6.45, 7) is 4.47. The molecule has 2 heterocycles. The minimum absolute atomic E-state index is 0.0781. The fourth-order valence-electron chi connectivity index (χ4n) is 2.63. The zero-order chi connectivity index (χ0) is 17.4. The number of aromatic nitrogens is 4. The lowest BCUT2D eigenvalue weighted by molar-refractivity contribution is 0.243. The minimum Gasteiger partial charge on any atom is -0.489 e. The third kappa shape index (κ3) is 3.01. The van der Waals surface area contributed by atoms with E-state index in [1.807, 2.05) is 44.2 Å².